The number of aromatic nitrogens is 2. The third-order valence-corrected chi connectivity index (χ3v) is 9.54. The summed E-state index contributed by atoms with van der Waals surface area (Å²) in [7, 11) is 0. The van der Waals surface area contributed by atoms with Crippen molar-refractivity contribution in [2.45, 2.75) is 6.92 Å². The number of hydrogen-bond donors (Lipinski definition) is 0. The molecule has 0 aliphatic rings. The Morgan fingerprint density at radius 1 is 0.444 bits per heavy atom. The first kappa shape index (κ1) is 25.6. The second-order valence-electron chi connectivity index (χ2n) is 11.9. The van der Waals surface area contributed by atoms with Gasteiger partial charge in [0.05, 0.1) is 22.1 Å². The summed E-state index contributed by atoms with van der Waals surface area (Å²) in [6.07, 6.45) is 3.96. The highest BCUT2D eigenvalue weighted by atomic mass is 15.0. The maximum absolute atomic E-state index is 4.23. The summed E-state index contributed by atoms with van der Waals surface area (Å²) in [5.41, 5.74) is 10.6. The molecule has 0 amide bonds. The van der Waals surface area contributed by atoms with Gasteiger partial charge in [0.15, 0.2) is 0 Å². The normalized spacial score (nSPS) is 11.8. The number of rotatable bonds is 4. The number of aryl methyl sites for hydroxylation is 1. The number of hydrogen-bond acceptors (Lipinski definition) is 0. The van der Waals surface area contributed by atoms with Crippen molar-refractivity contribution < 1.29 is 0 Å². The van der Waals surface area contributed by atoms with Crippen molar-refractivity contribution in [3.8, 4) is 11.4 Å². The van der Waals surface area contributed by atoms with E-state index in [4.69, 9.17) is 0 Å². The highest BCUT2D eigenvalue weighted by Gasteiger charge is 2.22. The summed E-state index contributed by atoms with van der Waals surface area (Å²) in [6.45, 7) is 10.6. The molecule has 0 spiro atoms. The van der Waals surface area contributed by atoms with Gasteiger partial charge in [0.1, 0.15) is 0 Å². The number of benzene rings is 7. The van der Waals surface area contributed by atoms with Crippen LogP contribution in [0.4, 0.5) is 0 Å². The average Bonchev–Trinajstić information content (AvgIpc) is 3.61. The van der Waals surface area contributed by atoms with Gasteiger partial charge in [-0.2, -0.15) is 0 Å². The van der Waals surface area contributed by atoms with Gasteiger partial charge in [0.2, 0.25) is 0 Å². The summed E-state index contributed by atoms with van der Waals surface area (Å²) >= 11 is 0. The van der Waals surface area contributed by atoms with Gasteiger partial charge in [-0.15, -0.1) is 0 Å². The summed E-state index contributed by atoms with van der Waals surface area (Å²) in [4.78, 5) is 0. The molecular formula is C43H30N2. The van der Waals surface area contributed by atoms with Gasteiger partial charge >= 0.3 is 0 Å². The SMILES string of the molecule is C=Cc1c(C=C)c2c(C)cc(-n3c4ccccc4c4ccc5c(c6ccccc6n5-c5ccccc5)c43)cc2c2ccccc12. The van der Waals surface area contributed by atoms with E-state index in [0.29, 0.717) is 0 Å². The molecular weight excluding hydrogens is 544 g/mol. The monoisotopic (exact) mass is 574 g/mol. The zero-order chi connectivity index (χ0) is 30.2. The third-order valence-electron chi connectivity index (χ3n) is 9.54. The fourth-order valence-electron chi connectivity index (χ4n) is 7.76. The quantitative estimate of drug-likeness (QED) is 0.185. The molecule has 0 aliphatic carbocycles. The summed E-state index contributed by atoms with van der Waals surface area (Å²) < 4.78 is 4.89. The molecule has 7 aromatic carbocycles. The zero-order valence-corrected chi connectivity index (χ0v) is 25.1. The fraction of sp³-hybridized carbons (Fsp3) is 0.0233. The molecule has 0 bridgehead atoms. The first-order chi connectivity index (χ1) is 22.2. The van der Waals surface area contributed by atoms with E-state index in [1.807, 2.05) is 12.2 Å². The molecule has 0 unspecified atom stereocenters. The molecule has 0 radical (unpaired) electrons. The van der Waals surface area contributed by atoms with Gasteiger partial charge in [-0.3, -0.25) is 0 Å². The maximum atomic E-state index is 4.23. The van der Waals surface area contributed by atoms with Crippen LogP contribution >= 0.6 is 0 Å². The lowest BCUT2D eigenvalue weighted by atomic mass is 9.89. The van der Waals surface area contributed by atoms with Crippen LogP contribution < -0.4 is 0 Å². The second-order valence-corrected chi connectivity index (χ2v) is 11.9. The Hall–Kier alpha value is -5.86. The third kappa shape index (κ3) is 3.45. The predicted octanol–water partition coefficient (Wildman–Crippen LogP) is 11.8. The van der Waals surface area contributed by atoms with E-state index >= 15 is 0 Å². The standard InChI is InChI=1S/C43H30N2/c1-4-30-31(5-2)41-27(3)25-29(26-37(41)33-18-10-9-17-32(30)33)45-38-21-13-11-19-34(38)35-23-24-40-42(43(35)45)36-20-12-14-22-39(36)44(40)28-15-7-6-8-16-28/h4-26H,1-2H2,3H3. The number of nitrogens with zero attached hydrogens (tertiary/aromatic N) is 2. The molecule has 2 heteroatoms. The van der Waals surface area contributed by atoms with E-state index in [1.54, 1.807) is 0 Å². The van der Waals surface area contributed by atoms with E-state index in [2.05, 4.69) is 157 Å². The molecule has 0 fully saturated rings. The van der Waals surface area contributed by atoms with Crippen LogP contribution in [0.5, 0.6) is 0 Å². The van der Waals surface area contributed by atoms with E-state index in [0.717, 1.165) is 22.5 Å². The topological polar surface area (TPSA) is 9.86 Å². The smallest absolute Gasteiger partial charge is 0.0641 e. The molecule has 2 nitrogen and oxygen atoms in total. The minimum Gasteiger partial charge on any atom is -0.309 e. The van der Waals surface area contributed by atoms with Gasteiger partial charge in [0.25, 0.3) is 0 Å². The Kier molecular flexibility index (Phi) is 5.45. The second kappa shape index (κ2) is 9.57. The molecule has 9 aromatic rings. The van der Waals surface area contributed by atoms with Crippen LogP contribution in [0, 0.1) is 6.92 Å². The van der Waals surface area contributed by atoms with Crippen molar-refractivity contribution in [1.82, 2.24) is 9.13 Å². The molecule has 2 heterocycles. The Morgan fingerprint density at radius 3 is 1.80 bits per heavy atom. The molecule has 45 heavy (non-hydrogen) atoms. The van der Waals surface area contributed by atoms with Gasteiger partial charge < -0.3 is 9.13 Å². The molecule has 212 valence electrons. The lowest BCUT2D eigenvalue weighted by molar-refractivity contribution is 1.17. The first-order valence-electron chi connectivity index (χ1n) is 15.4. The largest absolute Gasteiger partial charge is 0.309 e. The summed E-state index contributed by atoms with van der Waals surface area (Å²) in [5, 5.41) is 9.90. The minimum atomic E-state index is 1.14. The molecule has 2 aromatic heterocycles. The lowest BCUT2D eigenvalue weighted by Gasteiger charge is -2.18. The lowest BCUT2D eigenvalue weighted by Crippen LogP contribution is -1.98. The highest BCUT2D eigenvalue weighted by Crippen LogP contribution is 2.43. The van der Waals surface area contributed by atoms with Crippen LogP contribution in [-0.2, 0) is 0 Å². The molecule has 9 rings (SSSR count). The van der Waals surface area contributed by atoms with Crippen molar-refractivity contribution in [1.29, 1.82) is 0 Å². The number of fused-ring (bicyclic) bond motifs is 10. The van der Waals surface area contributed by atoms with Gasteiger partial charge in [0, 0.05) is 32.9 Å². The molecule has 0 N–H and O–H groups in total. The predicted molar refractivity (Wildman–Crippen MR) is 195 cm³/mol. The van der Waals surface area contributed by atoms with Gasteiger partial charge in [-0.25, -0.2) is 0 Å². The summed E-state index contributed by atoms with van der Waals surface area (Å²) in [6, 6.07) is 46.3. The molecule has 0 saturated carbocycles. The Morgan fingerprint density at radius 2 is 1.07 bits per heavy atom. The van der Waals surface area contributed by atoms with Crippen LogP contribution in [0.25, 0.3) is 88.7 Å². The fourth-order valence-corrected chi connectivity index (χ4v) is 7.76. The van der Waals surface area contributed by atoms with E-state index in [9.17, 15) is 0 Å². The summed E-state index contributed by atoms with van der Waals surface area (Å²) in [5.74, 6) is 0. The number of para-hydroxylation sites is 3. The maximum Gasteiger partial charge on any atom is 0.0641 e. The Labute approximate surface area is 261 Å². The van der Waals surface area contributed by atoms with Crippen molar-refractivity contribution >= 4 is 77.3 Å². The Balaban J connectivity index is 1.50. The zero-order valence-electron chi connectivity index (χ0n) is 25.1. The van der Waals surface area contributed by atoms with Crippen LogP contribution in [-0.4, -0.2) is 9.13 Å². The molecule has 0 aliphatic heterocycles. The van der Waals surface area contributed by atoms with E-state index in [1.165, 1.54) is 70.7 Å². The van der Waals surface area contributed by atoms with Gasteiger partial charge in [-0.05, 0) is 87.6 Å². The Bertz CT molecular complexity index is 2680. The van der Waals surface area contributed by atoms with Crippen molar-refractivity contribution in [2.24, 2.45) is 0 Å². The van der Waals surface area contributed by atoms with Crippen molar-refractivity contribution in [3.63, 3.8) is 0 Å². The van der Waals surface area contributed by atoms with Crippen LogP contribution in [0.1, 0.15) is 16.7 Å². The van der Waals surface area contributed by atoms with E-state index in [-0.39, 0.29) is 0 Å². The van der Waals surface area contributed by atoms with Crippen LogP contribution in [0.3, 0.4) is 0 Å². The highest BCUT2D eigenvalue weighted by molar-refractivity contribution is 6.26. The van der Waals surface area contributed by atoms with Crippen LogP contribution in [0.15, 0.2) is 141 Å². The van der Waals surface area contributed by atoms with Gasteiger partial charge in [-0.1, -0.05) is 110 Å². The van der Waals surface area contributed by atoms with Crippen molar-refractivity contribution in [3.05, 3.63) is 157 Å². The first-order valence-corrected chi connectivity index (χ1v) is 15.4. The molecule has 0 saturated heterocycles. The van der Waals surface area contributed by atoms with Crippen molar-refractivity contribution in [2.75, 3.05) is 0 Å². The van der Waals surface area contributed by atoms with Crippen LogP contribution in [0.2, 0.25) is 0 Å². The minimum absolute atomic E-state index is 1.14. The van der Waals surface area contributed by atoms with E-state index < -0.39 is 0 Å². The molecule has 0 atom stereocenters. The average molecular weight is 575 g/mol.